The Morgan fingerprint density at radius 2 is 1.38 bits per heavy atom. The highest BCUT2D eigenvalue weighted by molar-refractivity contribution is 5.80. The van der Waals surface area contributed by atoms with Crippen LogP contribution in [-0.2, 0) is 47.7 Å². The summed E-state index contributed by atoms with van der Waals surface area (Å²) in [7, 11) is 2.56. The molecule has 1 amide bonds. The average molecular weight is 636 g/mol. The van der Waals surface area contributed by atoms with Gasteiger partial charge in [0.05, 0.1) is 26.0 Å². The number of rotatable bonds is 23. The Balaban J connectivity index is 2.72. The number of amides is 1. The maximum Gasteiger partial charge on any atom is 0.340 e. The van der Waals surface area contributed by atoms with Crippen LogP contribution in [0.2, 0.25) is 0 Å². The molecular weight excluding hydrogens is 582 g/mol. The van der Waals surface area contributed by atoms with Crippen LogP contribution < -0.4 is 5.32 Å². The summed E-state index contributed by atoms with van der Waals surface area (Å²) in [6.45, 7) is 6.28. The van der Waals surface area contributed by atoms with Crippen LogP contribution in [-0.4, -0.2) is 68.9 Å². The summed E-state index contributed by atoms with van der Waals surface area (Å²) in [5, 5.41) is 2.65. The van der Waals surface area contributed by atoms with Gasteiger partial charge in [0.1, 0.15) is 18.3 Å². The molecule has 3 unspecified atom stereocenters. The Labute approximate surface area is 268 Å². The largest absolute Gasteiger partial charge is 0.469 e. The number of carbonyl (C=O) groups is 5. The third-order valence-corrected chi connectivity index (χ3v) is 7.43. The molecule has 45 heavy (non-hydrogen) atoms. The normalized spacial score (nSPS) is 14.3. The quantitative estimate of drug-likeness (QED) is 0.0945. The van der Waals surface area contributed by atoms with Crippen molar-refractivity contribution in [3.05, 3.63) is 35.9 Å². The summed E-state index contributed by atoms with van der Waals surface area (Å²) in [5.74, 6) is -3.94. The van der Waals surface area contributed by atoms with Crippen molar-refractivity contribution in [3.63, 3.8) is 0 Å². The van der Waals surface area contributed by atoms with Crippen LogP contribution in [0.5, 0.6) is 0 Å². The molecule has 0 saturated carbocycles. The molecule has 254 valence electrons. The van der Waals surface area contributed by atoms with Crippen molar-refractivity contribution in [2.45, 2.75) is 123 Å². The topological polar surface area (TPSA) is 144 Å². The highest BCUT2D eigenvalue weighted by atomic mass is 16.6. The van der Waals surface area contributed by atoms with E-state index in [0.29, 0.717) is 12.0 Å². The van der Waals surface area contributed by atoms with E-state index in [4.69, 9.17) is 23.7 Å². The number of esters is 4. The van der Waals surface area contributed by atoms with Crippen LogP contribution >= 0.6 is 0 Å². The van der Waals surface area contributed by atoms with Crippen LogP contribution in [0.1, 0.15) is 110 Å². The third-order valence-electron chi connectivity index (χ3n) is 7.43. The minimum atomic E-state index is -1.07. The number of carbonyl (C=O) groups excluding carboxylic acids is 5. The van der Waals surface area contributed by atoms with Crippen LogP contribution in [0.4, 0.5) is 0 Å². The smallest absolute Gasteiger partial charge is 0.340 e. The van der Waals surface area contributed by atoms with Gasteiger partial charge in [-0.25, -0.2) is 4.79 Å². The molecule has 1 rings (SSSR count). The fraction of sp³-hybridized carbons (Fsp3) is 0.676. The zero-order chi connectivity index (χ0) is 33.6. The number of ether oxygens (including phenoxy) is 5. The molecule has 0 spiro atoms. The Hall–Kier alpha value is -3.47. The zero-order valence-corrected chi connectivity index (χ0v) is 27.8. The highest BCUT2D eigenvalue weighted by Crippen LogP contribution is 2.20. The van der Waals surface area contributed by atoms with E-state index in [0.717, 1.165) is 19.3 Å². The van der Waals surface area contributed by atoms with Gasteiger partial charge >= 0.3 is 23.9 Å². The first-order valence-electron chi connectivity index (χ1n) is 16.0. The number of hydrogen-bond acceptors (Lipinski definition) is 10. The molecule has 0 aliphatic carbocycles. The van der Waals surface area contributed by atoms with Crippen LogP contribution in [0.15, 0.2) is 30.3 Å². The summed E-state index contributed by atoms with van der Waals surface area (Å²) in [4.78, 5) is 62.5. The number of benzene rings is 1. The lowest BCUT2D eigenvalue weighted by Gasteiger charge is -2.28. The first kappa shape index (κ1) is 39.6. The average Bonchev–Trinajstić information content (AvgIpc) is 3.01. The Morgan fingerprint density at radius 3 is 1.93 bits per heavy atom. The molecule has 0 bridgehead atoms. The summed E-state index contributed by atoms with van der Waals surface area (Å²) in [6, 6.07) is 8.69. The molecule has 0 heterocycles. The molecule has 1 N–H and O–H groups in total. The van der Waals surface area contributed by atoms with Gasteiger partial charge in [-0.15, -0.1) is 0 Å². The van der Waals surface area contributed by atoms with Crippen LogP contribution in [0.25, 0.3) is 0 Å². The van der Waals surface area contributed by atoms with Crippen molar-refractivity contribution in [1.29, 1.82) is 0 Å². The molecule has 0 aliphatic heterocycles. The van der Waals surface area contributed by atoms with Gasteiger partial charge in [0.15, 0.2) is 6.10 Å². The molecule has 0 saturated heterocycles. The van der Waals surface area contributed by atoms with E-state index in [1.807, 2.05) is 0 Å². The van der Waals surface area contributed by atoms with Gasteiger partial charge in [-0.05, 0) is 25.8 Å². The van der Waals surface area contributed by atoms with Crippen molar-refractivity contribution >= 4 is 29.8 Å². The first-order valence-corrected chi connectivity index (χ1v) is 16.0. The maximum absolute atomic E-state index is 13.1. The molecule has 0 aromatic heterocycles. The van der Waals surface area contributed by atoms with Gasteiger partial charge in [-0.3, -0.25) is 19.2 Å². The lowest BCUT2D eigenvalue weighted by atomic mass is 9.99. The van der Waals surface area contributed by atoms with E-state index >= 15 is 0 Å². The van der Waals surface area contributed by atoms with Gasteiger partial charge < -0.3 is 29.0 Å². The molecule has 11 heteroatoms. The van der Waals surface area contributed by atoms with Gasteiger partial charge in [0.25, 0.3) is 0 Å². The molecule has 11 nitrogen and oxygen atoms in total. The van der Waals surface area contributed by atoms with Crippen LogP contribution in [0, 0.1) is 5.92 Å². The second-order valence-electron chi connectivity index (χ2n) is 11.2. The number of hydrogen-bond donors (Lipinski definition) is 1. The van der Waals surface area contributed by atoms with Gasteiger partial charge in [-0.1, -0.05) is 88.6 Å². The molecule has 0 fully saturated rings. The third kappa shape index (κ3) is 16.4. The van der Waals surface area contributed by atoms with Gasteiger partial charge in [-0.2, -0.15) is 0 Å². The standard InChI is InChI=1S/C34H53NO10/c1-7-8-9-10-11-12-13-14-18-21-29(37)43-25(3)31(44-26(4)36)24(2)33(39)35-23-28(22-30(38)41-5)45-34(40)32(42-6)27-19-16-15-17-20-27/h15-17,19-20,24-25,28,31-32H,7-14,18,21-23H2,1-6H3,(H,35,39)/t24?,25?,28-,31?,32-/m1/s1. The fourth-order valence-electron chi connectivity index (χ4n) is 4.88. The van der Waals surface area contributed by atoms with Gasteiger partial charge in [0, 0.05) is 20.5 Å². The Morgan fingerprint density at radius 1 is 0.778 bits per heavy atom. The maximum atomic E-state index is 13.1. The van der Waals surface area contributed by atoms with Crippen LogP contribution in [0.3, 0.4) is 0 Å². The van der Waals surface area contributed by atoms with Crippen molar-refractivity contribution in [1.82, 2.24) is 5.32 Å². The minimum absolute atomic E-state index is 0.227. The van der Waals surface area contributed by atoms with Crippen molar-refractivity contribution in [3.8, 4) is 0 Å². The zero-order valence-electron chi connectivity index (χ0n) is 27.8. The van der Waals surface area contributed by atoms with E-state index in [9.17, 15) is 24.0 Å². The lowest BCUT2D eigenvalue weighted by molar-refractivity contribution is -0.171. The van der Waals surface area contributed by atoms with E-state index in [1.54, 1.807) is 37.3 Å². The van der Waals surface area contributed by atoms with Crippen molar-refractivity contribution in [2.24, 2.45) is 5.92 Å². The summed E-state index contributed by atoms with van der Waals surface area (Å²) >= 11 is 0. The second kappa shape index (κ2) is 23.0. The lowest BCUT2D eigenvalue weighted by Crippen LogP contribution is -2.46. The van der Waals surface area contributed by atoms with Crippen molar-refractivity contribution < 1.29 is 47.7 Å². The number of unbranched alkanes of at least 4 members (excludes halogenated alkanes) is 8. The molecule has 1 aromatic carbocycles. The van der Waals surface area contributed by atoms with E-state index in [2.05, 4.69) is 12.2 Å². The second-order valence-corrected chi connectivity index (χ2v) is 11.2. The molecule has 5 atom stereocenters. The molecular formula is C34H53NO10. The van der Waals surface area contributed by atoms with E-state index in [1.165, 1.54) is 60.2 Å². The fourth-order valence-corrected chi connectivity index (χ4v) is 4.88. The Kier molecular flexibility index (Phi) is 20.2. The molecule has 1 aromatic rings. The summed E-state index contributed by atoms with van der Waals surface area (Å²) in [6.07, 6.45) is 5.91. The molecule has 0 radical (unpaired) electrons. The summed E-state index contributed by atoms with van der Waals surface area (Å²) in [5.41, 5.74) is 0.560. The van der Waals surface area contributed by atoms with E-state index < -0.39 is 60.1 Å². The minimum Gasteiger partial charge on any atom is -0.469 e. The van der Waals surface area contributed by atoms with E-state index in [-0.39, 0.29) is 19.4 Å². The highest BCUT2D eigenvalue weighted by Gasteiger charge is 2.35. The SMILES string of the molecule is CCCCCCCCCCCC(=O)OC(C)C(OC(C)=O)C(C)C(=O)NC[C@@H](CC(=O)OC)OC(=O)[C@H](OC)c1ccccc1. The monoisotopic (exact) mass is 635 g/mol. The first-order chi connectivity index (χ1) is 21.5. The molecule has 0 aliphatic rings. The van der Waals surface area contributed by atoms with Crippen molar-refractivity contribution in [2.75, 3.05) is 20.8 Å². The predicted octanol–water partition coefficient (Wildman–Crippen LogP) is 5.39. The predicted molar refractivity (Wildman–Crippen MR) is 168 cm³/mol. The number of nitrogens with one attached hydrogen (secondary N) is 1. The van der Waals surface area contributed by atoms with Gasteiger partial charge in [0.2, 0.25) is 5.91 Å². The summed E-state index contributed by atoms with van der Waals surface area (Å²) < 4.78 is 26.5. The Bertz CT molecular complexity index is 1030. The number of methoxy groups -OCH3 is 2.